The molecule has 1 N–H and O–H groups in total. The molecule has 0 aliphatic rings. The van der Waals surface area contributed by atoms with Gasteiger partial charge >= 0.3 is 5.97 Å². The van der Waals surface area contributed by atoms with E-state index in [1.54, 1.807) is 25.1 Å². The molecule has 0 atom stereocenters. The molecule has 0 saturated carbocycles. The first-order chi connectivity index (χ1) is 14.9. The number of nitrogens with one attached hydrogen (secondary N) is 1. The van der Waals surface area contributed by atoms with Gasteiger partial charge in [0.15, 0.2) is 6.61 Å². The molecule has 9 nitrogen and oxygen atoms in total. The van der Waals surface area contributed by atoms with Crippen molar-refractivity contribution in [2.75, 3.05) is 0 Å². The fraction of sp³-hybridized carbons (Fsp3) is 0.150. The van der Waals surface area contributed by atoms with Crippen molar-refractivity contribution in [3.05, 3.63) is 76.2 Å². The summed E-state index contributed by atoms with van der Waals surface area (Å²) in [5.74, 6) is 0.308. The molecule has 31 heavy (non-hydrogen) atoms. The van der Waals surface area contributed by atoms with E-state index in [0.717, 1.165) is 5.56 Å². The van der Waals surface area contributed by atoms with Crippen LogP contribution in [0, 0.1) is 6.92 Å². The minimum absolute atomic E-state index is 0.00733. The van der Waals surface area contributed by atoms with Gasteiger partial charge in [0.25, 0.3) is 5.89 Å². The first-order valence-electron chi connectivity index (χ1n) is 9.07. The summed E-state index contributed by atoms with van der Waals surface area (Å²) in [4.78, 5) is 16.7. The number of furan rings is 1. The van der Waals surface area contributed by atoms with Crippen molar-refractivity contribution < 1.29 is 26.9 Å². The molecule has 0 unspecified atom stereocenters. The third-order valence-corrected chi connectivity index (χ3v) is 6.41. The molecule has 0 amide bonds. The first-order valence-corrected chi connectivity index (χ1v) is 11.5. The largest absolute Gasteiger partial charge is 0.468 e. The van der Waals surface area contributed by atoms with Gasteiger partial charge in [0.2, 0.25) is 15.8 Å². The number of aromatic nitrogens is 2. The van der Waals surface area contributed by atoms with E-state index >= 15 is 0 Å². The van der Waals surface area contributed by atoms with E-state index in [1.807, 2.05) is 16.8 Å². The summed E-state index contributed by atoms with van der Waals surface area (Å²) < 4.78 is 43.0. The van der Waals surface area contributed by atoms with Crippen LogP contribution in [0.4, 0.5) is 0 Å². The van der Waals surface area contributed by atoms with Crippen LogP contribution in [0.25, 0.3) is 11.4 Å². The highest BCUT2D eigenvalue weighted by Gasteiger charge is 2.20. The maximum atomic E-state index is 12.6. The number of benzene rings is 1. The van der Waals surface area contributed by atoms with Crippen molar-refractivity contribution in [2.24, 2.45) is 0 Å². The number of ether oxygens (including phenoxy) is 1. The summed E-state index contributed by atoms with van der Waals surface area (Å²) in [5.41, 5.74) is 1.50. The van der Waals surface area contributed by atoms with Crippen molar-refractivity contribution in [2.45, 2.75) is 25.0 Å². The quantitative estimate of drug-likeness (QED) is 0.397. The molecule has 3 aromatic heterocycles. The Morgan fingerprint density at radius 2 is 2.13 bits per heavy atom. The molecule has 160 valence electrons. The van der Waals surface area contributed by atoms with Crippen LogP contribution in [-0.2, 0) is 27.9 Å². The van der Waals surface area contributed by atoms with Gasteiger partial charge in [-0.05, 0) is 48.2 Å². The summed E-state index contributed by atoms with van der Waals surface area (Å²) in [5, 5.41) is 7.61. The zero-order valence-electron chi connectivity index (χ0n) is 16.3. The van der Waals surface area contributed by atoms with Crippen LogP contribution in [0.5, 0.6) is 0 Å². The lowest BCUT2D eigenvalue weighted by molar-refractivity contribution is 0.0428. The number of hydrogen-bond acceptors (Lipinski definition) is 9. The highest BCUT2D eigenvalue weighted by atomic mass is 32.2. The summed E-state index contributed by atoms with van der Waals surface area (Å²) in [7, 11) is -3.86. The Morgan fingerprint density at radius 3 is 2.87 bits per heavy atom. The minimum atomic E-state index is -3.86. The Kier molecular flexibility index (Phi) is 5.98. The van der Waals surface area contributed by atoms with Crippen LogP contribution >= 0.6 is 11.3 Å². The monoisotopic (exact) mass is 459 g/mol. The Balaban J connectivity index is 1.44. The molecule has 4 aromatic rings. The molecule has 4 rings (SSSR count). The molecule has 3 heterocycles. The van der Waals surface area contributed by atoms with Crippen molar-refractivity contribution in [3.8, 4) is 11.4 Å². The van der Waals surface area contributed by atoms with Gasteiger partial charge in [0, 0.05) is 10.9 Å². The average molecular weight is 460 g/mol. The van der Waals surface area contributed by atoms with Crippen LogP contribution in [0.15, 0.2) is 67.3 Å². The Morgan fingerprint density at radius 1 is 1.26 bits per heavy atom. The van der Waals surface area contributed by atoms with Crippen molar-refractivity contribution >= 4 is 27.3 Å². The lowest BCUT2D eigenvalue weighted by Gasteiger charge is -2.10. The van der Waals surface area contributed by atoms with E-state index in [2.05, 4.69) is 14.9 Å². The minimum Gasteiger partial charge on any atom is -0.468 e. The SMILES string of the molecule is Cc1ccc(S(=O)(=O)NCc2ccco2)cc1C(=O)OCc1nc(-c2ccsc2)no1. The zero-order chi connectivity index (χ0) is 21.8. The summed E-state index contributed by atoms with van der Waals surface area (Å²) in [6.45, 7) is 1.44. The summed E-state index contributed by atoms with van der Waals surface area (Å²) in [6, 6.07) is 9.40. The van der Waals surface area contributed by atoms with E-state index in [-0.39, 0.29) is 29.5 Å². The second-order valence-electron chi connectivity index (χ2n) is 6.48. The lowest BCUT2D eigenvalue weighted by atomic mass is 10.1. The van der Waals surface area contributed by atoms with Crippen molar-refractivity contribution in [1.29, 1.82) is 0 Å². The number of esters is 1. The molecule has 0 fully saturated rings. The van der Waals surface area contributed by atoms with Crippen LogP contribution < -0.4 is 4.72 Å². The van der Waals surface area contributed by atoms with E-state index < -0.39 is 16.0 Å². The summed E-state index contributed by atoms with van der Waals surface area (Å²) >= 11 is 1.50. The van der Waals surface area contributed by atoms with Crippen molar-refractivity contribution in [1.82, 2.24) is 14.9 Å². The Bertz CT molecular complexity index is 1280. The fourth-order valence-corrected chi connectivity index (χ4v) is 4.33. The van der Waals surface area contributed by atoms with Crippen LogP contribution in [0.2, 0.25) is 0 Å². The molecular weight excluding hydrogens is 442 g/mol. The topological polar surface area (TPSA) is 125 Å². The number of carbonyl (C=O) groups is 1. The van der Waals surface area contributed by atoms with Crippen LogP contribution in [-0.4, -0.2) is 24.5 Å². The van der Waals surface area contributed by atoms with Crippen LogP contribution in [0.1, 0.15) is 27.6 Å². The fourth-order valence-electron chi connectivity index (χ4n) is 2.68. The second kappa shape index (κ2) is 8.84. The number of sulfonamides is 1. The highest BCUT2D eigenvalue weighted by Crippen LogP contribution is 2.20. The molecule has 0 radical (unpaired) electrons. The third-order valence-electron chi connectivity index (χ3n) is 4.33. The molecule has 0 aliphatic carbocycles. The maximum absolute atomic E-state index is 12.6. The highest BCUT2D eigenvalue weighted by molar-refractivity contribution is 7.89. The van der Waals surface area contributed by atoms with Gasteiger partial charge in [-0.1, -0.05) is 11.2 Å². The maximum Gasteiger partial charge on any atom is 0.338 e. The van der Waals surface area contributed by atoms with E-state index in [4.69, 9.17) is 13.7 Å². The zero-order valence-corrected chi connectivity index (χ0v) is 17.9. The Hall–Kier alpha value is -3.28. The molecular formula is C20H17N3O6S2. The predicted octanol–water partition coefficient (Wildman–Crippen LogP) is 3.54. The van der Waals surface area contributed by atoms with E-state index in [9.17, 15) is 13.2 Å². The van der Waals surface area contributed by atoms with E-state index in [0.29, 0.717) is 17.1 Å². The average Bonchev–Trinajstić information content (AvgIpc) is 3.53. The second-order valence-corrected chi connectivity index (χ2v) is 9.03. The van der Waals surface area contributed by atoms with E-state index in [1.165, 1.54) is 29.7 Å². The lowest BCUT2D eigenvalue weighted by Crippen LogP contribution is -2.23. The van der Waals surface area contributed by atoms with Gasteiger partial charge in [0.05, 0.1) is 23.3 Å². The van der Waals surface area contributed by atoms with Gasteiger partial charge in [-0.15, -0.1) is 0 Å². The molecule has 11 heteroatoms. The van der Waals surface area contributed by atoms with Gasteiger partial charge in [-0.25, -0.2) is 17.9 Å². The number of thiophene rings is 1. The van der Waals surface area contributed by atoms with Crippen LogP contribution in [0.3, 0.4) is 0 Å². The number of hydrogen-bond donors (Lipinski definition) is 1. The van der Waals surface area contributed by atoms with Gasteiger partial charge in [-0.2, -0.15) is 16.3 Å². The Labute approximate surface area is 181 Å². The molecule has 0 spiro atoms. The molecule has 0 aliphatic heterocycles. The standard InChI is InChI=1S/C20H17N3O6S2/c1-13-4-5-16(31(25,26)21-10-15-3-2-7-27-15)9-17(13)20(24)28-11-18-22-19(23-29-18)14-6-8-30-12-14/h2-9,12,21H,10-11H2,1H3. The molecule has 1 aromatic carbocycles. The van der Waals surface area contributed by atoms with Crippen molar-refractivity contribution in [3.63, 3.8) is 0 Å². The molecule has 0 bridgehead atoms. The molecule has 0 saturated heterocycles. The number of rotatable bonds is 8. The van der Waals surface area contributed by atoms with Gasteiger partial charge in [0.1, 0.15) is 5.76 Å². The van der Waals surface area contributed by atoms with Gasteiger partial charge < -0.3 is 13.7 Å². The smallest absolute Gasteiger partial charge is 0.338 e. The predicted molar refractivity (Wildman–Crippen MR) is 111 cm³/mol. The number of carbonyl (C=O) groups excluding carboxylic acids is 1. The normalized spacial score (nSPS) is 11.5. The third kappa shape index (κ3) is 4.90. The summed E-state index contributed by atoms with van der Waals surface area (Å²) in [6.07, 6.45) is 1.45. The first kappa shape index (κ1) is 21.0. The van der Waals surface area contributed by atoms with Gasteiger partial charge in [-0.3, -0.25) is 0 Å². The number of nitrogens with zero attached hydrogens (tertiary/aromatic N) is 2. The number of aryl methyl sites for hydroxylation is 1.